The van der Waals surface area contributed by atoms with Crippen molar-refractivity contribution < 1.29 is 14.6 Å². The first-order chi connectivity index (χ1) is 4.75. The van der Waals surface area contributed by atoms with Gasteiger partial charge in [0.2, 0.25) is 0 Å². The van der Waals surface area contributed by atoms with Crippen LogP contribution < -0.4 is 0 Å². The summed E-state index contributed by atoms with van der Waals surface area (Å²) in [5.74, 6) is -0.257. The van der Waals surface area contributed by atoms with Gasteiger partial charge in [-0.05, 0) is 12.3 Å². The van der Waals surface area contributed by atoms with Crippen molar-refractivity contribution in [3.8, 4) is 0 Å². The number of carbonyl (C=O) groups excluding carboxylic acids is 1. The summed E-state index contributed by atoms with van der Waals surface area (Å²) in [5.41, 5.74) is 0.381. The second-order valence-corrected chi connectivity index (χ2v) is 2.41. The van der Waals surface area contributed by atoms with Gasteiger partial charge in [0.05, 0.1) is 18.4 Å². The molecule has 0 amide bonds. The molecule has 3 heteroatoms. The minimum Gasteiger partial charge on any atom is -0.515 e. The molecule has 0 spiro atoms. The van der Waals surface area contributed by atoms with Crippen LogP contribution in [0.3, 0.4) is 0 Å². The van der Waals surface area contributed by atoms with Gasteiger partial charge in [-0.2, -0.15) is 0 Å². The molecule has 56 valence electrons. The average Bonchev–Trinajstić information content (AvgIpc) is 1.88. The molecule has 0 aromatic rings. The highest BCUT2D eigenvalue weighted by Crippen LogP contribution is 2.20. The molecule has 1 fully saturated rings. The van der Waals surface area contributed by atoms with Crippen molar-refractivity contribution in [3.63, 3.8) is 0 Å². The van der Waals surface area contributed by atoms with Crippen LogP contribution in [0, 0.1) is 5.92 Å². The summed E-state index contributed by atoms with van der Waals surface area (Å²) in [7, 11) is 0. The molecule has 10 heavy (non-hydrogen) atoms. The summed E-state index contributed by atoms with van der Waals surface area (Å²) in [6, 6.07) is 0. The van der Waals surface area contributed by atoms with Crippen molar-refractivity contribution in [2.75, 3.05) is 6.61 Å². The summed E-state index contributed by atoms with van der Waals surface area (Å²) in [5, 5.41) is 8.57. The highest BCUT2D eigenvalue weighted by molar-refractivity contribution is 5.89. The molecule has 3 nitrogen and oxygen atoms in total. The van der Waals surface area contributed by atoms with E-state index in [9.17, 15) is 4.79 Å². The minimum atomic E-state index is -0.388. The van der Waals surface area contributed by atoms with E-state index in [2.05, 4.69) is 4.74 Å². The van der Waals surface area contributed by atoms with Gasteiger partial charge in [0.25, 0.3) is 0 Å². The third-order valence-electron chi connectivity index (χ3n) is 1.69. The molecule has 1 aliphatic heterocycles. The predicted molar refractivity (Wildman–Crippen MR) is 35.5 cm³/mol. The third kappa shape index (κ3) is 1.12. The molecule has 1 heterocycles. The molecule has 0 bridgehead atoms. The lowest BCUT2D eigenvalue weighted by atomic mass is 9.97. The first kappa shape index (κ1) is 7.12. The Kier molecular flexibility index (Phi) is 1.94. The number of hydrogen-bond donors (Lipinski definition) is 1. The highest BCUT2D eigenvalue weighted by Gasteiger charge is 2.23. The van der Waals surface area contributed by atoms with Crippen LogP contribution in [0.5, 0.6) is 0 Å². The number of cyclic esters (lactones) is 1. The van der Waals surface area contributed by atoms with Crippen molar-refractivity contribution in [2.24, 2.45) is 5.92 Å². The molecule has 0 saturated carbocycles. The van der Waals surface area contributed by atoms with Crippen molar-refractivity contribution in [2.45, 2.75) is 13.3 Å². The van der Waals surface area contributed by atoms with Crippen LogP contribution in [-0.2, 0) is 9.53 Å². The SMILES string of the molecule is CC1CCOC(=O)C1=CO. The molecular weight excluding hydrogens is 132 g/mol. The zero-order valence-electron chi connectivity index (χ0n) is 5.83. The van der Waals surface area contributed by atoms with Crippen LogP contribution in [0.4, 0.5) is 0 Å². The molecule has 1 saturated heterocycles. The lowest BCUT2D eigenvalue weighted by molar-refractivity contribution is -0.142. The van der Waals surface area contributed by atoms with Crippen LogP contribution in [0.1, 0.15) is 13.3 Å². The van der Waals surface area contributed by atoms with E-state index in [-0.39, 0.29) is 11.9 Å². The van der Waals surface area contributed by atoms with E-state index in [1.54, 1.807) is 0 Å². The number of carbonyl (C=O) groups is 1. The number of aliphatic hydroxyl groups is 1. The van der Waals surface area contributed by atoms with Gasteiger partial charge in [-0.1, -0.05) is 6.92 Å². The van der Waals surface area contributed by atoms with Gasteiger partial charge < -0.3 is 9.84 Å². The monoisotopic (exact) mass is 142 g/mol. The van der Waals surface area contributed by atoms with E-state index in [0.29, 0.717) is 12.2 Å². The van der Waals surface area contributed by atoms with Crippen molar-refractivity contribution >= 4 is 5.97 Å². The number of ether oxygens (including phenoxy) is 1. The van der Waals surface area contributed by atoms with Gasteiger partial charge >= 0.3 is 5.97 Å². The Morgan fingerprint density at radius 2 is 2.50 bits per heavy atom. The molecule has 0 aliphatic carbocycles. The maximum atomic E-state index is 10.8. The predicted octanol–water partition coefficient (Wildman–Crippen LogP) is 1.01. The Bertz CT molecular complexity index is 172. The van der Waals surface area contributed by atoms with Gasteiger partial charge in [-0.3, -0.25) is 0 Å². The van der Waals surface area contributed by atoms with E-state index >= 15 is 0 Å². The van der Waals surface area contributed by atoms with Crippen molar-refractivity contribution in [3.05, 3.63) is 11.8 Å². The summed E-state index contributed by atoms with van der Waals surface area (Å²) in [6.07, 6.45) is 1.64. The second kappa shape index (κ2) is 2.73. The molecule has 1 unspecified atom stereocenters. The fourth-order valence-corrected chi connectivity index (χ4v) is 0.948. The lowest BCUT2D eigenvalue weighted by Gasteiger charge is -2.19. The zero-order chi connectivity index (χ0) is 7.56. The first-order valence-electron chi connectivity index (χ1n) is 3.27. The van der Waals surface area contributed by atoms with Crippen LogP contribution in [0.2, 0.25) is 0 Å². The molecule has 1 N–H and O–H groups in total. The number of hydrogen-bond acceptors (Lipinski definition) is 3. The molecule has 0 radical (unpaired) electrons. The second-order valence-electron chi connectivity index (χ2n) is 2.41. The standard InChI is InChI=1S/C7H10O3/c1-5-2-3-10-7(9)6(5)4-8/h4-5,8H,2-3H2,1H3. The van der Waals surface area contributed by atoms with Crippen LogP contribution in [0.15, 0.2) is 11.8 Å². The summed E-state index contributed by atoms with van der Waals surface area (Å²) in [4.78, 5) is 10.8. The van der Waals surface area contributed by atoms with E-state index in [4.69, 9.17) is 5.11 Å². The summed E-state index contributed by atoms with van der Waals surface area (Å²) in [6.45, 7) is 2.36. The number of rotatable bonds is 0. The maximum absolute atomic E-state index is 10.8. The normalized spacial score (nSPS) is 30.3. The zero-order valence-corrected chi connectivity index (χ0v) is 5.83. The van der Waals surface area contributed by atoms with Crippen molar-refractivity contribution in [1.82, 2.24) is 0 Å². The summed E-state index contributed by atoms with van der Waals surface area (Å²) >= 11 is 0. The molecule has 1 aliphatic rings. The van der Waals surface area contributed by atoms with E-state index in [1.165, 1.54) is 0 Å². The third-order valence-corrected chi connectivity index (χ3v) is 1.69. The largest absolute Gasteiger partial charge is 0.515 e. The topological polar surface area (TPSA) is 46.5 Å². The Balaban J connectivity index is 2.73. The Hall–Kier alpha value is -0.990. The fraction of sp³-hybridized carbons (Fsp3) is 0.571. The van der Waals surface area contributed by atoms with Crippen LogP contribution >= 0.6 is 0 Å². The molecular formula is C7H10O3. The van der Waals surface area contributed by atoms with Gasteiger partial charge in [-0.15, -0.1) is 0 Å². The summed E-state index contributed by atoms with van der Waals surface area (Å²) < 4.78 is 4.68. The van der Waals surface area contributed by atoms with Gasteiger partial charge in [-0.25, -0.2) is 4.79 Å². The molecule has 0 aromatic carbocycles. The van der Waals surface area contributed by atoms with Crippen LogP contribution in [0.25, 0.3) is 0 Å². The quantitative estimate of drug-likeness (QED) is 0.312. The smallest absolute Gasteiger partial charge is 0.337 e. The Morgan fingerprint density at radius 1 is 1.80 bits per heavy atom. The minimum absolute atomic E-state index is 0.131. The highest BCUT2D eigenvalue weighted by atomic mass is 16.5. The van der Waals surface area contributed by atoms with Gasteiger partial charge in [0, 0.05) is 0 Å². The lowest BCUT2D eigenvalue weighted by Crippen LogP contribution is -2.22. The van der Waals surface area contributed by atoms with E-state index in [0.717, 1.165) is 12.7 Å². The molecule has 1 rings (SSSR count). The average molecular weight is 142 g/mol. The van der Waals surface area contributed by atoms with Crippen LogP contribution in [-0.4, -0.2) is 17.7 Å². The molecule has 1 atom stereocenters. The van der Waals surface area contributed by atoms with E-state index in [1.807, 2.05) is 6.92 Å². The number of aliphatic hydroxyl groups excluding tert-OH is 1. The Labute approximate surface area is 59.3 Å². The first-order valence-corrected chi connectivity index (χ1v) is 3.27. The van der Waals surface area contributed by atoms with E-state index < -0.39 is 0 Å². The maximum Gasteiger partial charge on any atom is 0.337 e. The fourth-order valence-electron chi connectivity index (χ4n) is 0.948. The van der Waals surface area contributed by atoms with Gasteiger partial charge in [0.1, 0.15) is 0 Å². The Morgan fingerprint density at radius 3 is 2.90 bits per heavy atom. The molecule has 0 aromatic heterocycles. The number of esters is 1. The van der Waals surface area contributed by atoms with Gasteiger partial charge in [0.15, 0.2) is 0 Å². The van der Waals surface area contributed by atoms with Crippen molar-refractivity contribution in [1.29, 1.82) is 0 Å².